The second-order valence-corrected chi connectivity index (χ2v) is 7.99. The quantitative estimate of drug-likeness (QED) is 0.627. The van der Waals surface area contributed by atoms with Gasteiger partial charge in [0.1, 0.15) is 11.1 Å². The van der Waals surface area contributed by atoms with Gasteiger partial charge in [-0.3, -0.25) is 9.69 Å². The van der Waals surface area contributed by atoms with Crippen LogP contribution < -0.4 is 5.32 Å². The van der Waals surface area contributed by atoms with Crippen molar-refractivity contribution in [1.29, 1.82) is 5.26 Å². The molecule has 28 heavy (non-hydrogen) atoms. The smallest absolute Gasteiger partial charge is 0.239 e. The Morgan fingerprint density at radius 3 is 2.04 bits per heavy atom. The van der Waals surface area contributed by atoms with E-state index < -0.39 is 0 Å². The fourth-order valence-electron chi connectivity index (χ4n) is 3.07. The van der Waals surface area contributed by atoms with Crippen molar-refractivity contribution in [2.45, 2.75) is 26.9 Å². The van der Waals surface area contributed by atoms with Crippen molar-refractivity contribution in [1.82, 2.24) is 4.90 Å². The standard InChI is InChI=1S/C23H23N3OS/c1-17-18(2)28-23(21(17)13-24)25-22(27)16-26(14-19-9-5-3-6-10-19)15-20-11-7-4-8-12-20/h3-12H,14-16H2,1-2H3,(H,25,27). The largest absolute Gasteiger partial charge is 0.315 e. The van der Waals surface area contributed by atoms with Gasteiger partial charge in [0.2, 0.25) is 5.91 Å². The van der Waals surface area contributed by atoms with E-state index in [0.717, 1.165) is 21.6 Å². The molecule has 0 atom stereocenters. The Bertz CT molecular complexity index is 933. The number of amides is 1. The van der Waals surface area contributed by atoms with Crippen molar-refractivity contribution < 1.29 is 4.79 Å². The summed E-state index contributed by atoms with van der Waals surface area (Å²) in [4.78, 5) is 15.9. The number of aryl methyl sites for hydroxylation is 1. The Balaban J connectivity index is 1.74. The maximum Gasteiger partial charge on any atom is 0.239 e. The molecule has 0 aliphatic carbocycles. The van der Waals surface area contributed by atoms with Gasteiger partial charge in [-0.1, -0.05) is 60.7 Å². The molecule has 1 amide bonds. The molecule has 5 heteroatoms. The van der Waals surface area contributed by atoms with Gasteiger partial charge in [0.05, 0.1) is 12.1 Å². The fourth-order valence-corrected chi connectivity index (χ4v) is 4.10. The number of benzene rings is 2. The van der Waals surface area contributed by atoms with Gasteiger partial charge in [-0.15, -0.1) is 11.3 Å². The molecule has 1 N–H and O–H groups in total. The van der Waals surface area contributed by atoms with E-state index in [0.29, 0.717) is 23.7 Å². The van der Waals surface area contributed by atoms with Crippen LogP contribution in [0.25, 0.3) is 0 Å². The minimum absolute atomic E-state index is 0.107. The molecule has 0 saturated heterocycles. The third-order valence-corrected chi connectivity index (χ3v) is 5.74. The lowest BCUT2D eigenvalue weighted by atomic mass is 10.1. The number of anilines is 1. The van der Waals surface area contributed by atoms with E-state index in [9.17, 15) is 10.1 Å². The Hall–Kier alpha value is -2.94. The van der Waals surface area contributed by atoms with Crippen molar-refractivity contribution in [3.05, 3.63) is 87.8 Å². The van der Waals surface area contributed by atoms with Crippen LogP contribution in [0.1, 0.15) is 27.1 Å². The molecule has 1 heterocycles. The number of hydrogen-bond acceptors (Lipinski definition) is 4. The van der Waals surface area contributed by atoms with Crippen molar-refractivity contribution in [3.8, 4) is 6.07 Å². The zero-order chi connectivity index (χ0) is 19.9. The van der Waals surface area contributed by atoms with Gasteiger partial charge in [0.25, 0.3) is 0 Å². The van der Waals surface area contributed by atoms with Gasteiger partial charge in [-0.2, -0.15) is 5.26 Å². The second-order valence-electron chi connectivity index (χ2n) is 6.76. The Kier molecular flexibility index (Phi) is 6.59. The first kappa shape index (κ1) is 19.8. The average Bonchev–Trinajstić information content (AvgIpc) is 2.96. The molecule has 1 aromatic heterocycles. The summed E-state index contributed by atoms with van der Waals surface area (Å²) >= 11 is 1.46. The molecular weight excluding hydrogens is 366 g/mol. The van der Waals surface area contributed by atoms with Crippen LogP contribution in [0.3, 0.4) is 0 Å². The summed E-state index contributed by atoms with van der Waals surface area (Å²) in [5.41, 5.74) is 3.82. The van der Waals surface area contributed by atoms with Gasteiger partial charge in [0.15, 0.2) is 0 Å². The highest BCUT2D eigenvalue weighted by Crippen LogP contribution is 2.31. The van der Waals surface area contributed by atoms with Crippen LogP contribution in [-0.4, -0.2) is 17.4 Å². The predicted molar refractivity (Wildman–Crippen MR) is 114 cm³/mol. The van der Waals surface area contributed by atoms with Gasteiger partial charge in [-0.25, -0.2) is 0 Å². The van der Waals surface area contributed by atoms with Gasteiger partial charge in [0, 0.05) is 18.0 Å². The molecule has 0 fully saturated rings. The summed E-state index contributed by atoms with van der Waals surface area (Å²) in [6.45, 7) is 5.49. The number of rotatable bonds is 7. The molecule has 3 aromatic rings. The number of thiophene rings is 1. The van der Waals surface area contributed by atoms with Crippen LogP contribution >= 0.6 is 11.3 Å². The molecule has 0 spiro atoms. The van der Waals surface area contributed by atoms with Crippen LogP contribution in [-0.2, 0) is 17.9 Å². The van der Waals surface area contributed by atoms with E-state index >= 15 is 0 Å². The first-order chi connectivity index (χ1) is 13.6. The molecule has 2 aromatic carbocycles. The molecule has 3 rings (SSSR count). The highest BCUT2D eigenvalue weighted by Gasteiger charge is 2.17. The third-order valence-electron chi connectivity index (χ3n) is 4.62. The maximum atomic E-state index is 12.7. The van der Waals surface area contributed by atoms with Crippen LogP contribution in [0.15, 0.2) is 60.7 Å². The number of nitrogens with zero attached hydrogens (tertiary/aromatic N) is 2. The first-order valence-electron chi connectivity index (χ1n) is 9.17. The molecule has 142 valence electrons. The van der Waals surface area contributed by atoms with Gasteiger partial charge in [-0.05, 0) is 30.5 Å². The normalized spacial score (nSPS) is 10.6. The summed E-state index contributed by atoms with van der Waals surface area (Å²) in [6.07, 6.45) is 0. The van der Waals surface area contributed by atoms with E-state index in [1.807, 2.05) is 50.2 Å². The summed E-state index contributed by atoms with van der Waals surface area (Å²) in [5, 5.41) is 13.0. The molecule has 4 nitrogen and oxygen atoms in total. The van der Waals surface area contributed by atoms with Crippen molar-refractivity contribution in [3.63, 3.8) is 0 Å². The Labute approximate surface area is 170 Å². The monoisotopic (exact) mass is 389 g/mol. The Morgan fingerprint density at radius 2 is 1.54 bits per heavy atom. The van der Waals surface area contributed by atoms with E-state index in [2.05, 4.69) is 40.6 Å². The summed E-state index contributed by atoms with van der Waals surface area (Å²) in [6, 6.07) is 22.5. The molecule has 0 aliphatic heterocycles. The molecule has 0 saturated carbocycles. The molecular formula is C23H23N3OS. The maximum absolute atomic E-state index is 12.7. The van der Waals surface area contributed by atoms with Gasteiger partial charge < -0.3 is 5.32 Å². The highest BCUT2D eigenvalue weighted by atomic mass is 32.1. The van der Waals surface area contributed by atoms with E-state index in [1.165, 1.54) is 11.3 Å². The molecule has 0 bridgehead atoms. The zero-order valence-electron chi connectivity index (χ0n) is 16.1. The Morgan fingerprint density at radius 1 is 1.00 bits per heavy atom. The number of hydrogen-bond donors (Lipinski definition) is 1. The topological polar surface area (TPSA) is 56.1 Å². The lowest BCUT2D eigenvalue weighted by Gasteiger charge is -2.22. The average molecular weight is 390 g/mol. The number of nitrogens with one attached hydrogen (secondary N) is 1. The van der Waals surface area contributed by atoms with Crippen LogP contribution in [0.2, 0.25) is 0 Å². The molecule has 0 radical (unpaired) electrons. The second kappa shape index (κ2) is 9.32. The fraction of sp³-hybridized carbons (Fsp3) is 0.217. The van der Waals surface area contributed by atoms with E-state index in [-0.39, 0.29) is 12.5 Å². The van der Waals surface area contributed by atoms with Gasteiger partial charge >= 0.3 is 0 Å². The van der Waals surface area contributed by atoms with Crippen LogP contribution in [0.4, 0.5) is 5.00 Å². The SMILES string of the molecule is Cc1sc(NC(=O)CN(Cc2ccccc2)Cc2ccccc2)c(C#N)c1C. The number of nitriles is 1. The first-order valence-corrected chi connectivity index (χ1v) is 9.98. The zero-order valence-corrected chi connectivity index (χ0v) is 16.9. The lowest BCUT2D eigenvalue weighted by Crippen LogP contribution is -2.32. The molecule has 0 aliphatic rings. The van der Waals surface area contributed by atoms with Crippen molar-refractivity contribution in [2.24, 2.45) is 0 Å². The van der Waals surface area contributed by atoms with Crippen LogP contribution in [0.5, 0.6) is 0 Å². The van der Waals surface area contributed by atoms with Crippen LogP contribution in [0, 0.1) is 25.2 Å². The summed E-state index contributed by atoms with van der Waals surface area (Å²) in [5.74, 6) is -0.107. The summed E-state index contributed by atoms with van der Waals surface area (Å²) in [7, 11) is 0. The number of carbonyl (C=O) groups is 1. The lowest BCUT2D eigenvalue weighted by molar-refractivity contribution is -0.117. The number of carbonyl (C=O) groups excluding carboxylic acids is 1. The van der Waals surface area contributed by atoms with E-state index in [4.69, 9.17) is 0 Å². The highest BCUT2D eigenvalue weighted by molar-refractivity contribution is 7.16. The molecule has 0 unspecified atom stereocenters. The van der Waals surface area contributed by atoms with E-state index in [1.54, 1.807) is 0 Å². The predicted octanol–water partition coefficient (Wildman–Crippen LogP) is 4.88. The van der Waals surface area contributed by atoms with Crippen molar-refractivity contribution in [2.75, 3.05) is 11.9 Å². The minimum Gasteiger partial charge on any atom is -0.315 e. The van der Waals surface area contributed by atoms with Crippen molar-refractivity contribution >= 4 is 22.2 Å². The minimum atomic E-state index is -0.107. The summed E-state index contributed by atoms with van der Waals surface area (Å²) < 4.78 is 0. The third kappa shape index (κ3) is 5.07.